The molecule has 0 fully saturated rings. The van der Waals surface area contributed by atoms with Gasteiger partial charge in [0.1, 0.15) is 29.6 Å². The molecule has 2 amide bonds. The largest absolute Gasteiger partial charge is 0.497 e. The van der Waals surface area contributed by atoms with Gasteiger partial charge in [0.15, 0.2) is 0 Å². The predicted octanol–water partition coefficient (Wildman–Crippen LogP) is 4.38. The van der Waals surface area contributed by atoms with E-state index in [4.69, 9.17) is 9.47 Å². The third-order valence-electron chi connectivity index (χ3n) is 6.57. The van der Waals surface area contributed by atoms with Crippen LogP contribution in [-0.2, 0) is 22.7 Å². The number of para-hydroxylation sites is 2. The Morgan fingerprint density at radius 3 is 2.38 bits per heavy atom. The van der Waals surface area contributed by atoms with Crippen LogP contribution in [0.25, 0.3) is 11.0 Å². The zero-order valence-electron chi connectivity index (χ0n) is 22.8. The second-order valence-corrected chi connectivity index (χ2v) is 9.72. The summed E-state index contributed by atoms with van der Waals surface area (Å²) in [7, 11) is 3.18. The zero-order valence-corrected chi connectivity index (χ0v) is 22.8. The highest BCUT2D eigenvalue weighted by molar-refractivity contribution is 5.89. The van der Waals surface area contributed by atoms with E-state index in [0.717, 1.165) is 17.5 Å². The topological polar surface area (TPSA) is 98.6 Å². The second-order valence-electron chi connectivity index (χ2n) is 9.72. The molecule has 9 heteroatoms. The Morgan fingerprint density at radius 1 is 0.949 bits per heavy atom. The molecule has 0 spiro atoms. The minimum atomic E-state index is -0.893. The molecule has 0 aliphatic rings. The highest BCUT2D eigenvalue weighted by atomic mass is 16.5. The number of ether oxygens (including phenoxy) is 2. The molecule has 0 radical (unpaired) electrons. The van der Waals surface area contributed by atoms with E-state index in [1.807, 2.05) is 60.7 Å². The molecular formula is C30H35N5O4. The molecule has 0 bridgehead atoms. The van der Waals surface area contributed by atoms with Crippen molar-refractivity contribution >= 4 is 22.8 Å². The van der Waals surface area contributed by atoms with E-state index in [9.17, 15) is 9.59 Å². The summed E-state index contributed by atoms with van der Waals surface area (Å²) in [5.74, 6) is 1.19. The van der Waals surface area contributed by atoms with Crippen molar-refractivity contribution in [2.45, 2.75) is 39.4 Å². The molecule has 4 rings (SSSR count). The summed E-state index contributed by atoms with van der Waals surface area (Å²) >= 11 is 0. The third-order valence-corrected chi connectivity index (χ3v) is 6.57. The lowest BCUT2D eigenvalue weighted by molar-refractivity contribution is -0.142. The van der Waals surface area contributed by atoms with Gasteiger partial charge in [-0.15, -0.1) is 5.10 Å². The fraction of sp³-hybridized carbons (Fsp3) is 0.333. The number of fused-ring (bicyclic) bond motifs is 1. The molecule has 39 heavy (non-hydrogen) atoms. The van der Waals surface area contributed by atoms with E-state index >= 15 is 0 Å². The average molecular weight is 530 g/mol. The van der Waals surface area contributed by atoms with Crippen LogP contribution in [0.5, 0.6) is 11.5 Å². The van der Waals surface area contributed by atoms with Crippen LogP contribution in [0.15, 0.2) is 72.8 Å². The van der Waals surface area contributed by atoms with Crippen LogP contribution >= 0.6 is 0 Å². The standard InChI is InChI=1S/C30H35N5O4/c1-21(2)17-18-31-30(37)29(22-13-15-24(38-3)16-14-22)34(19-23-9-5-8-12-27(23)39-4)28(36)20-35-26-11-7-6-10-25(26)32-33-35/h5-16,21,29H,17-20H2,1-4H3,(H,31,37)/t29-/m1/s1. The van der Waals surface area contributed by atoms with Gasteiger partial charge in [-0.2, -0.15) is 0 Å². The van der Waals surface area contributed by atoms with Gasteiger partial charge in [0, 0.05) is 12.1 Å². The molecule has 1 aromatic heterocycles. The lowest BCUT2D eigenvalue weighted by Crippen LogP contribution is -2.45. The zero-order chi connectivity index (χ0) is 27.8. The van der Waals surface area contributed by atoms with Crippen LogP contribution in [0.4, 0.5) is 0 Å². The molecule has 0 saturated heterocycles. The van der Waals surface area contributed by atoms with Crippen LogP contribution in [0.3, 0.4) is 0 Å². The first kappa shape index (κ1) is 27.6. The van der Waals surface area contributed by atoms with Crippen molar-refractivity contribution in [2.75, 3.05) is 20.8 Å². The number of carbonyl (C=O) groups is 2. The van der Waals surface area contributed by atoms with Gasteiger partial charge in [-0.05, 0) is 48.2 Å². The Hall–Kier alpha value is -4.40. The van der Waals surface area contributed by atoms with Crippen molar-refractivity contribution in [1.82, 2.24) is 25.2 Å². The number of nitrogens with zero attached hydrogens (tertiary/aromatic N) is 4. The molecular weight excluding hydrogens is 494 g/mol. The predicted molar refractivity (Wildman–Crippen MR) is 149 cm³/mol. The van der Waals surface area contributed by atoms with Crippen LogP contribution in [-0.4, -0.2) is 52.5 Å². The van der Waals surface area contributed by atoms with Crippen molar-refractivity contribution in [3.8, 4) is 11.5 Å². The molecule has 1 atom stereocenters. The Morgan fingerprint density at radius 2 is 1.67 bits per heavy atom. The van der Waals surface area contributed by atoms with Crippen LogP contribution < -0.4 is 14.8 Å². The Labute approximate surface area is 228 Å². The summed E-state index contributed by atoms with van der Waals surface area (Å²) in [5, 5.41) is 11.4. The van der Waals surface area contributed by atoms with Crippen LogP contribution in [0.1, 0.15) is 37.4 Å². The van der Waals surface area contributed by atoms with Gasteiger partial charge in [-0.25, -0.2) is 4.68 Å². The van der Waals surface area contributed by atoms with Crippen molar-refractivity contribution in [3.05, 3.63) is 83.9 Å². The fourth-order valence-electron chi connectivity index (χ4n) is 4.43. The highest BCUT2D eigenvalue weighted by Gasteiger charge is 2.32. The number of nitrogens with one attached hydrogen (secondary N) is 1. The van der Waals surface area contributed by atoms with Crippen LogP contribution in [0.2, 0.25) is 0 Å². The van der Waals surface area contributed by atoms with E-state index < -0.39 is 6.04 Å². The van der Waals surface area contributed by atoms with Gasteiger partial charge < -0.3 is 19.7 Å². The van der Waals surface area contributed by atoms with Gasteiger partial charge in [0.05, 0.1) is 26.3 Å². The quantitative estimate of drug-likeness (QED) is 0.292. The Kier molecular flexibility index (Phi) is 9.14. The molecule has 9 nitrogen and oxygen atoms in total. The number of hydrogen-bond acceptors (Lipinski definition) is 6. The summed E-state index contributed by atoms with van der Waals surface area (Å²) in [4.78, 5) is 29.4. The summed E-state index contributed by atoms with van der Waals surface area (Å²) in [5.41, 5.74) is 2.89. The van der Waals surface area contributed by atoms with Crippen molar-refractivity contribution in [1.29, 1.82) is 0 Å². The number of benzene rings is 3. The molecule has 0 aliphatic heterocycles. The molecule has 1 heterocycles. The van der Waals surface area contributed by atoms with E-state index in [2.05, 4.69) is 29.5 Å². The Bertz CT molecular complexity index is 1400. The normalized spacial score (nSPS) is 11.8. The summed E-state index contributed by atoms with van der Waals surface area (Å²) in [6.07, 6.45) is 0.826. The monoisotopic (exact) mass is 529 g/mol. The lowest BCUT2D eigenvalue weighted by Gasteiger charge is -2.32. The first-order valence-corrected chi connectivity index (χ1v) is 13.0. The van der Waals surface area contributed by atoms with E-state index in [1.54, 1.807) is 35.9 Å². The van der Waals surface area contributed by atoms with Crippen molar-refractivity contribution in [2.24, 2.45) is 5.92 Å². The van der Waals surface area contributed by atoms with Gasteiger partial charge in [0.25, 0.3) is 0 Å². The summed E-state index contributed by atoms with van der Waals surface area (Å²) in [6, 6.07) is 21.3. The minimum absolute atomic E-state index is 0.0818. The van der Waals surface area contributed by atoms with Gasteiger partial charge in [-0.3, -0.25) is 9.59 Å². The summed E-state index contributed by atoms with van der Waals surface area (Å²) in [6.45, 7) is 4.79. The number of methoxy groups -OCH3 is 2. The Balaban J connectivity index is 1.75. The number of carbonyl (C=O) groups excluding carboxylic acids is 2. The van der Waals surface area contributed by atoms with E-state index in [-0.39, 0.29) is 24.9 Å². The van der Waals surface area contributed by atoms with E-state index in [0.29, 0.717) is 35.0 Å². The summed E-state index contributed by atoms with van der Waals surface area (Å²) < 4.78 is 12.5. The SMILES string of the molecule is COc1ccc([C@H](C(=O)NCCC(C)C)N(Cc2ccccc2OC)C(=O)Cn2nnc3ccccc32)cc1. The van der Waals surface area contributed by atoms with Crippen LogP contribution in [0, 0.1) is 5.92 Å². The first-order chi connectivity index (χ1) is 18.9. The number of hydrogen-bond donors (Lipinski definition) is 1. The molecule has 4 aromatic rings. The average Bonchev–Trinajstić information content (AvgIpc) is 3.35. The van der Waals surface area contributed by atoms with Crippen molar-refractivity contribution < 1.29 is 19.1 Å². The second kappa shape index (κ2) is 12.9. The maximum Gasteiger partial charge on any atom is 0.247 e. The maximum absolute atomic E-state index is 14.1. The first-order valence-electron chi connectivity index (χ1n) is 13.0. The lowest BCUT2D eigenvalue weighted by atomic mass is 10.0. The van der Waals surface area contributed by atoms with Gasteiger partial charge in [0.2, 0.25) is 11.8 Å². The van der Waals surface area contributed by atoms with E-state index in [1.165, 1.54) is 0 Å². The van der Waals surface area contributed by atoms with Gasteiger partial charge >= 0.3 is 0 Å². The number of amides is 2. The molecule has 3 aromatic carbocycles. The maximum atomic E-state index is 14.1. The fourth-order valence-corrected chi connectivity index (χ4v) is 4.43. The molecule has 0 unspecified atom stereocenters. The molecule has 0 aliphatic carbocycles. The third kappa shape index (κ3) is 6.73. The number of aromatic nitrogens is 3. The smallest absolute Gasteiger partial charge is 0.247 e. The minimum Gasteiger partial charge on any atom is -0.497 e. The molecule has 204 valence electrons. The number of rotatable bonds is 12. The highest BCUT2D eigenvalue weighted by Crippen LogP contribution is 2.29. The van der Waals surface area contributed by atoms with Crippen molar-refractivity contribution in [3.63, 3.8) is 0 Å². The molecule has 1 N–H and O–H groups in total. The molecule has 0 saturated carbocycles. The van der Waals surface area contributed by atoms with Gasteiger partial charge in [-0.1, -0.05) is 61.5 Å².